The SMILES string of the molecule is CCCCNC(=O)c1ccnc(NCCC(C)C)n1. The van der Waals surface area contributed by atoms with E-state index >= 15 is 0 Å². The van der Waals surface area contributed by atoms with Crippen molar-refractivity contribution in [2.45, 2.75) is 40.0 Å². The molecule has 0 aliphatic heterocycles. The fraction of sp³-hybridized carbons (Fsp3) is 0.643. The van der Waals surface area contributed by atoms with Crippen molar-refractivity contribution >= 4 is 11.9 Å². The van der Waals surface area contributed by atoms with Gasteiger partial charge < -0.3 is 10.6 Å². The van der Waals surface area contributed by atoms with E-state index in [0.717, 1.165) is 25.8 Å². The third-order valence-corrected chi connectivity index (χ3v) is 2.71. The van der Waals surface area contributed by atoms with E-state index < -0.39 is 0 Å². The van der Waals surface area contributed by atoms with Gasteiger partial charge in [-0.1, -0.05) is 27.2 Å². The maximum Gasteiger partial charge on any atom is 0.270 e. The summed E-state index contributed by atoms with van der Waals surface area (Å²) in [5.41, 5.74) is 0.415. The standard InChI is InChI=1S/C14H24N4O/c1-4-5-8-15-13(19)12-7-10-17-14(18-12)16-9-6-11(2)3/h7,10-11H,4-6,8-9H2,1-3H3,(H,15,19)(H,16,17,18). The summed E-state index contributed by atoms with van der Waals surface area (Å²) in [6.45, 7) is 7.93. The molecule has 0 aliphatic rings. The second-order valence-electron chi connectivity index (χ2n) is 4.98. The smallest absolute Gasteiger partial charge is 0.270 e. The molecule has 0 fully saturated rings. The summed E-state index contributed by atoms with van der Waals surface area (Å²) in [6.07, 6.45) is 4.71. The summed E-state index contributed by atoms with van der Waals surface area (Å²) < 4.78 is 0. The van der Waals surface area contributed by atoms with Gasteiger partial charge in [0.15, 0.2) is 0 Å². The number of rotatable bonds is 8. The molecule has 106 valence electrons. The van der Waals surface area contributed by atoms with Gasteiger partial charge in [0.1, 0.15) is 5.69 Å². The first-order chi connectivity index (χ1) is 9.13. The predicted octanol–water partition coefficient (Wildman–Crippen LogP) is 2.46. The molecule has 1 rings (SSSR count). The van der Waals surface area contributed by atoms with Crippen LogP contribution in [-0.2, 0) is 0 Å². The molecule has 2 N–H and O–H groups in total. The second kappa shape index (κ2) is 8.45. The van der Waals surface area contributed by atoms with Crippen molar-refractivity contribution in [2.75, 3.05) is 18.4 Å². The lowest BCUT2D eigenvalue weighted by Crippen LogP contribution is -2.25. The lowest BCUT2D eigenvalue weighted by atomic mass is 10.1. The number of anilines is 1. The topological polar surface area (TPSA) is 66.9 Å². The number of nitrogens with zero attached hydrogens (tertiary/aromatic N) is 2. The maximum atomic E-state index is 11.8. The maximum absolute atomic E-state index is 11.8. The summed E-state index contributed by atoms with van der Waals surface area (Å²) in [5.74, 6) is 1.01. The molecule has 1 aromatic rings. The molecule has 5 nitrogen and oxygen atoms in total. The highest BCUT2D eigenvalue weighted by atomic mass is 16.1. The summed E-state index contributed by atoms with van der Waals surface area (Å²) in [7, 11) is 0. The van der Waals surface area contributed by atoms with Crippen LogP contribution >= 0.6 is 0 Å². The Labute approximate surface area is 115 Å². The van der Waals surface area contributed by atoms with Gasteiger partial charge in [-0.25, -0.2) is 9.97 Å². The van der Waals surface area contributed by atoms with Crippen LogP contribution in [0.5, 0.6) is 0 Å². The van der Waals surface area contributed by atoms with Gasteiger partial charge >= 0.3 is 0 Å². The molecule has 0 unspecified atom stereocenters. The molecular formula is C14H24N4O. The number of hydrogen-bond donors (Lipinski definition) is 2. The van der Waals surface area contributed by atoms with Crippen molar-refractivity contribution in [3.8, 4) is 0 Å². The first-order valence-corrected chi connectivity index (χ1v) is 6.98. The monoisotopic (exact) mass is 264 g/mol. The number of amides is 1. The zero-order chi connectivity index (χ0) is 14.1. The Morgan fingerprint density at radius 3 is 2.84 bits per heavy atom. The first kappa shape index (κ1) is 15.4. The number of hydrogen-bond acceptors (Lipinski definition) is 4. The summed E-state index contributed by atoms with van der Waals surface area (Å²) >= 11 is 0. The lowest BCUT2D eigenvalue weighted by molar-refractivity contribution is 0.0948. The fourth-order valence-corrected chi connectivity index (χ4v) is 1.51. The minimum Gasteiger partial charge on any atom is -0.354 e. The molecule has 0 atom stereocenters. The Kier molecular flexibility index (Phi) is 6.85. The van der Waals surface area contributed by atoms with Gasteiger partial charge in [-0.15, -0.1) is 0 Å². The van der Waals surface area contributed by atoms with E-state index in [1.165, 1.54) is 0 Å². The van der Waals surface area contributed by atoms with Crippen LogP contribution in [0.1, 0.15) is 50.5 Å². The van der Waals surface area contributed by atoms with Crippen LogP contribution in [0.2, 0.25) is 0 Å². The molecule has 0 aromatic carbocycles. The number of aromatic nitrogens is 2. The molecule has 0 radical (unpaired) electrons. The van der Waals surface area contributed by atoms with Gasteiger partial charge in [-0.3, -0.25) is 4.79 Å². The van der Waals surface area contributed by atoms with Crippen LogP contribution in [0.15, 0.2) is 12.3 Å². The Balaban J connectivity index is 2.48. The van der Waals surface area contributed by atoms with E-state index in [1.807, 2.05) is 0 Å². The molecule has 1 heterocycles. The van der Waals surface area contributed by atoms with Crippen LogP contribution in [0.25, 0.3) is 0 Å². The van der Waals surface area contributed by atoms with Gasteiger partial charge in [0.2, 0.25) is 5.95 Å². The minimum absolute atomic E-state index is 0.136. The fourth-order valence-electron chi connectivity index (χ4n) is 1.51. The normalized spacial score (nSPS) is 10.5. The average Bonchev–Trinajstić information content (AvgIpc) is 2.39. The lowest BCUT2D eigenvalue weighted by Gasteiger charge is -2.08. The Hall–Kier alpha value is -1.65. The zero-order valence-electron chi connectivity index (χ0n) is 12.1. The summed E-state index contributed by atoms with van der Waals surface area (Å²) in [4.78, 5) is 20.2. The minimum atomic E-state index is -0.136. The van der Waals surface area contributed by atoms with E-state index in [0.29, 0.717) is 24.1 Å². The molecule has 0 aliphatic carbocycles. The summed E-state index contributed by atoms with van der Waals surface area (Å²) in [5, 5.41) is 5.98. The highest BCUT2D eigenvalue weighted by molar-refractivity contribution is 5.92. The van der Waals surface area contributed by atoms with Crippen LogP contribution < -0.4 is 10.6 Å². The highest BCUT2D eigenvalue weighted by Crippen LogP contribution is 2.03. The van der Waals surface area contributed by atoms with E-state index in [2.05, 4.69) is 41.4 Å². The van der Waals surface area contributed by atoms with Crippen molar-refractivity contribution in [3.05, 3.63) is 18.0 Å². The number of carbonyl (C=O) groups is 1. The van der Waals surface area contributed by atoms with E-state index in [4.69, 9.17) is 0 Å². The zero-order valence-corrected chi connectivity index (χ0v) is 12.1. The summed E-state index contributed by atoms with van der Waals surface area (Å²) in [6, 6.07) is 1.63. The van der Waals surface area contributed by atoms with Gasteiger partial charge in [-0.2, -0.15) is 0 Å². The van der Waals surface area contributed by atoms with Crippen molar-refractivity contribution in [3.63, 3.8) is 0 Å². The van der Waals surface area contributed by atoms with E-state index in [-0.39, 0.29) is 5.91 Å². The molecule has 5 heteroatoms. The average molecular weight is 264 g/mol. The van der Waals surface area contributed by atoms with Crippen molar-refractivity contribution in [2.24, 2.45) is 5.92 Å². The van der Waals surface area contributed by atoms with E-state index in [1.54, 1.807) is 12.3 Å². The molecule has 19 heavy (non-hydrogen) atoms. The van der Waals surface area contributed by atoms with Gasteiger partial charge in [-0.05, 0) is 24.8 Å². The third kappa shape index (κ3) is 6.18. The Morgan fingerprint density at radius 2 is 2.16 bits per heavy atom. The van der Waals surface area contributed by atoms with Crippen molar-refractivity contribution in [1.29, 1.82) is 0 Å². The van der Waals surface area contributed by atoms with Gasteiger partial charge in [0.05, 0.1) is 0 Å². The largest absolute Gasteiger partial charge is 0.354 e. The molecule has 0 saturated heterocycles. The quantitative estimate of drug-likeness (QED) is 0.708. The number of carbonyl (C=O) groups excluding carboxylic acids is 1. The number of unbranched alkanes of at least 4 members (excludes halogenated alkanes) is 1. The van der Waals surface area contributed by atoms with Crippen LogP contribution in [0, 0.1) is 5.92 Å². The molecule has 0 saturated carbocycles. The second-order valence-corrected chi connectivity index (χ2v) is 4.98. The Bertz CT molecular complexity index is 393. The van der Waals surface area contributed by atoms with E-state index in [9.17, 15) is 4.79 Å². The molecule has 1 aromatic heterocycles. The van der Waals surface area contributed by atoms with Crippen LogP contribution in [0.3, 0.4) is 0 Å². The van der Waals surface area contributed by atoms with Crippen LogP contribution in [0.4, 0.5) is 5.95 Å². The van der Waals surface area contributed by atoms with Crippen molar-refractivity contribution < 1.29 is 4.79 Å². The molecular weight excluding hydrogens is 240 g/mol. The van der Waals surface area contributed by atoms with Crippen molar-refractivity contribution in [1.82, 2.24) is 15.3 Å². The Morgan fingerprint density at radius 1 is 1.37 bits per heavy atom. The third-order valence-electron chi connectivity index (χ3n) is 2.71. The molecule has 0 bridgehead atoms. The number of nitrogens with one attached hydrogen (secondary N) is 2. The molecule has 0 spiro atoms. The van der Waals surface area contributed by atoms with Gasteiger partial charge in [0.25, 0.3) is 5.91 Å². The van der Waals surface area contributed by atoms with Gasteiger partial charge in [0, 0.05) is 19.3 Å². The predicted molar refractivity (Wildman–Crippen MR) is 77.2 cm³/mol. The first-order valence-electron chi connectivity index (χ1n) is 6.98. The van der Waals surface area contributed by atoms with Crippen LogP contribution in [-0.4, -0.2) is 29.0 Å². The highest BCUT2D eigenvalue weighted by Gasteiger charge is 2.07. The molecule has 1 amide bonds.